The minimum absolute atomic E-state index is 0.568. The van der Waals surface area contributed by atoms with Crippen molar-refractivity contribution in [2.45, 2.75) is 38.9 Å². The van der Waals surface area contributed by atoms with Gasteiger partial charge in [0.15, 0.2) is 5.16 Å². The second kappa shape index (κ2) is 6.44. The maximum Gasteiger partial charge on any atom is 0.166 e. The fraction of sp³-hybridized carbons (Fsp3) is 0.533. The van der Waals surface area contributed by atoms with Gasteiger partial charge in [0.2, 0.25) is 0 Å². The molecule has 0 fully saturated rings. The van der Waals surface area contributed by atoms with Crippen LogP contribution < -0.4 is 5.32 Å². The van der Waals surface area contributed by atoms with E-state index in [1.54, 1.807) is 11.8 Å². The van der Waals surface area contributed by atoms with Gasteiger partial charge in [0, 0.05) is 18.3 Å². The van der Waals surface area contributed by atoms with E-state index >= 15 is 0 Å². The molecule has 0 aliphatic heterocycles. The maximum absolute atomic E-state index is 4.59. The monoisotopic (exact) mass is 277 g/mol. The van der Waals surface area contributed by atoms with Crippen LogP contribution in [0.5, 0.6) is 0 Å². The average Bonchev–Trinajstić information content (AvgIpc) is 2.75. The first-order valence-corrected chi connectivity index (χ1v) is 7.87. The van der Waals surface area contributed by atoms with Gasteiger partial charge in [-0.3, -0.25) is 0 Å². The smallest absolute Gasteiger partial charge is 0.166 e. The number of imidazole rings is 1. The van der Waals surface area contributed by atoms with Gasteiger partial charge in [-0.15, -0.1) is 0 Å². The molecule has 1 aromatic carbocycles. The highest BCUT2D eigenvalue weighted by atomic mass is 32.2. The summed E-state index contributed by atoms with van der Waals surface area (Å²) < 4.78 is 0. The molecule has 2 rings (SSSR count). The van der Waals surface area contributed by atoms with Crippen LogP contribution in [0, 0.1) is 12.8 Å². The van der Waals surface area contributed by atoms with Gasteiger partial charge >= 0.3 is 0 Å². The molecule has 104 valence electrons. The van der Waals surface area contributed by atoms with Gasteiger partial charge < -0.3 is 10.3 Å². The highest BCUT2D eigenvalue weighted by Gasteiger charge is 2.06. The molecule has 0 radical (unpaired) electrons. The van der Waals surface area contributed by atoms with Crippen LogP contribution in [0.15, 0.2) is 23.4 Å². The zero-order valence-electron chi connectivity index (χ0n) is 12.2. The van der Waals surface area contributed by atoms with Crippen molar-refractivity contribution in [1.82, 2.24) is 15.3 Å². The van der Waals surface area contributed by atoms with Crippen molar-refractivity contribution < 1.29 is 0 Å². The number of aryl methyl sites for hydroxylation is 1. The molecule has 4 heteroatoms. The fourth-order valence-electron chi connectivity index (χ4n) is 1.84. The summed E-state index contributed by atoms with van der Waals surface area (Å²) >= 11 is 1.78. The third-order valence-electron chi connectivity index (χ3n) is 3.42. The lowest BCUT2D eigenvalue weighted by atomic mass is 10.1. The fourth-order valence-corrected chi connectivity index (χ4v) is 2.60. The summed E-state index contributed by atoms with van der Waals surface area (Å²) in [5.41, 5.74) is 3.45. The molecule has 0 saturated heterocycles. The molecule has 2 aromatic rings. The molecule has 0 saturated carbocycles. The number of hydrogen-bond donors (Lipinski definition) is 2. The molecule has 1 aromatic heterocycles. The Morgan fingerprint density at radius 3 is 2.84 bits per heavy atom. The van der Waals surface area contributed by atoms with Crippen LogP contribution in [0.1, 0.15) is 26.3 Å². The molecular formula is C15H23N3S. The maximum atomic E-state index is 4.59. The van der Waals surface area contributed by atoms with E-state index in [-0.39, 0.29) is 0 Å². The summed E-state index contributed by atoms with van der Waals surface area (Å²) in [5.74, 6) is 1.72. The minimum Gasteiger partial charge on any atom is -0.333 e. The van der Waals surface area contributed by atoms with Crippen molar-refractivity contribution in [1.29, 1.82) is 0 Å². The summed E-state index contributed by atoms with van der Waals surface area (Å²) in [6.07, 6.45) is 0. The zero-order chi connectivity index (χ0) is 13.8. The van der Waals surface area contributed by atoms with E-state index in [4.69, 9.17) is 0 Å². The van der Waals surface area contributed by atoms with Crippen LogP contribution in [0.25, 0.3) is 11.0 Å². The van der Waals surface area contributed by atoms with E-state index in [0.29, 0.717) is 12.0 Å². The van der Waals surface area contributed by atoms with Crippen LogP contribution in [0.4, 0.5) is 0 Å². The van der Waals surface area contributed by atoms with Gasteiger partial charge in [0.05, 0.1) is 11.0 Å². The SMILES string of the molecule is Cc1ccc2nc(SCCNC(C)C(C)C)[nH]c2c1. The Bertz CT molecular complexity index is 533. The molecule has 0 aliphatic carbocycles. The lowest BCUT2D eigenvalue weighted by Crippen LogP contribution is -2.32. The summed E-state index contributed by atoms with van der Waals surface area (Å²) in [5, 5.41) is 4.55. The number of fused-ring (bicyclic) bond motifs is 1. The Labute approximate surface area is 119 Å². The second-order valence-corrected chi connectivity index (χ2v) is 6.48. The molecule has 0 amide bonds. The molecule has 1 unspecified atom stereocenters. The highest BCUT2D eigenvalue weighted by Crippen LogP contribution is 2.19. The first-order chi connectivity index (χ1) is 9.06. The summed E-state index contributed by atoms with van der Waals surface area (Å²) in [7, 11) is 0. The largest absolute Gasteiger partial charge is 0.333 e. The van der Waals surface area contributed by atoms with Gasteiger partial charge in [-0.05, 0) is 37.5 Å². The number of nitrogens with one attached hydrogen (secondary N) is 2. The molecule has 2 N–H and O–H groups in total. The zero-order valence-corrected chi connectivity index (χ0v) is 13.0. The summed E-state index contributed by atoms with van der Waals surface area (Å²) in [4.78, 5) is 7.96. The Morgan fingerprint density at radius 2 is 2.11 bits per heavy atom. The van der Waals surface area contributed by atoms with Crippen LogP contribution in [0.3, 0.4) is 0 Å². The van der Waals surface area contributed by atoms with Crippen LogP contribution in [-0.4, -0.2) is 28.3 Å². The third kappa shape index (κ3) is 3.98. The lowest BCUT2D eigenvalue weighted by molar-refractivity contribution is 0.438. The van der Waals surface area contributed by atoms with Crippen molar-refractivity contribution in [3.05, 3.63) is 23.8 Å². The predicted octanol–water partition coefficient (Wildman–Crippen LogP) is 3.60. The van der Waals surface area contributed by atoms with Crippen molar-refractivity contribution in [3.8, 4) is 0 Å². The normalized spacial score (nSPS) is 13.3. The Morgan fingerprint density at radius 1 is 1.32 bits per heavy atom. The van der Waals surface area contributed by atoms with Gasteiger partial charge in [0.25, 0.3) is 0 Å². The molecule has 0 aliphatic rings. The molecule has 1 heterocycles. The van der Waals surface area contributed by atoms with E-state index in [1.807, 2.05) is 0 Å². The van der Waals surface area contributed by atoms with E-state index in [1.165, 1.54) is 5.56 Å². The standard InChI is InChI=1S/C15H23N3S/c1-10(2)12(4)16-7-8-19-15-17-13-6-5-11(3)9-14(13)18-15/h5-6,9-10,12,16H,7-8H2,1-4H3,(H,17,18). The molecular weight excluding hydrogens is 254 g/mol. The summed E-state index contributed by atoms with van der Waals surface area (Å²) in [6, 6.07) is 6.89. The summed E-state index contributed by atoms with van der Waals surface area (Å²) in [6.45, 7) is 9.84. The molecule has 1 atom stereocenters. The second-order valence-electron chi connectivity index (χ2n) is 5.40. The van der Waals surface area contributed by atoms with Crippen LogP contribution in [0.2, 0.25) is 0 Å². The van der Waals surface area contributed by atoms with Crippen molar-refractivity contribution in [2.24, 2.45) is 5.92 Å². The first-order valence-electron chi connectivity index (χ1n) is 6.89. The van der Waals surface area contributed by atoms with E-state index < -0.39 is 0 Å². The van der Waals surface area contributed by atoms with Crippen LogP contribution in [-0.2, 0) is 0 Å². The molecule has 3 nitrogen and oxygen atoms in total. The Balaban J connectivity index is 1.85. The van der Waals surface area contributed by atoms with E-state index in [2.05, 4.69) is 61.2 Å². The van der Waals surface area contributed by atoms with Gasteiger partial charge in [-0.25, -0.2) is 4.98 Å². The molecule has 19 heavy (non-hydrogen) atoms. The van der Waals surface area contributed by atoms with E-state index in [0.717, 1.165) is 28.5 Å². The lowest BCUT2D eigenvalue weighted by Gasteiger charge is -2.16. The Kier molecular flexibility index (Phi) is 4.88. The number of aromatic nitrogens is 2. The molecule has 0 spiro atoms. The number of H-pyrrole nitrogens is 1. The average molecular weight is 277 g/mol. The minimum atomic E-state index is 0.568. The predicted molar refractivity (Wildman–Crippen MR) is 83.9 cm³/mol. The number of aromatic amines is 1. The molecule has 0 bridgehead atoms. The highest BCUT2D eigenvalue weighted by molar-refractivity contribution is 7.99. The first kappa shape index (κ1) is 14.4. The topological polar surface area (TPSA) is 40.7 Å². The number of thioether (sulfide) groups is 1. The van der Waals surface area contributed by atoms with Crippen molar-refractivity contribution in [2.75, 3.05) is 12.3 Å². The number of nitrogens with zero attached hydrogens (tertiary/aromatic N) is 1. The van der Waals surface area contributed by atoms with Gasteiger partial charge in [-0.2, -0.15) is 0 Å². The van der Waals surface area contributed by atoms with Gasteiger partial charge in [-0.1, -0.05) is 31.7 Å². The number of hydrogen-bond acceptors (Lipinski definition) is 3. The quantitative estimate of drug-likeness (QED) is 0.626. The van der Waals surface area contributed by atoms with Crippen LogP contribution >= 0.6 is 11.8 Å². The Hall–Kier alpha value is -1.00. The number of benzene rings is 1. The van der Waals surface area contributed by atoms with Crippen molar-refractivity contribution >= 4 is 22.8 Å². The van der Waals surface area contributed by atoms with E-state index in [9.17, 15) is 0 Å². The van der Waals surface area contributed by atoms with Crippen molar-refractivity contribution in [3.63, 3.8) is 0 Å². The third-order valence-corrected chi connectivity index (χ3v) is 4.30. The van der Waals surface area contributed by atoms with Gasteiger partial charge in [0.1, 0.15) is 0 Å². The number of rotatable bonds is 6.